The summed E-state index contributed by atoms with van der Waals surface area (Å²) >= 11 is 0. The van der Waals surface area contributed by atoms with Crippen LogP contribution in [0.2, 0.25) is 0 Å². The Bertz CT molecular complexity index is 943. The lowest BCUT2D eigenvalue weighted by Crippen LogP contribution is -2.18. The van der Waals surface area contributed by atoms with Gasteiger partial charge in [-0.2, -0.15) is 5.10 Å². The van der Waals surface area contributed by atoms with Crippen molar-refractivity contribution in [2.24, 2.45) is 5.10 Å². The van der Waals surface area contributed by atoms with Crippen molar-refractivity contribution in [3.05, 3.63) is 78.1 Å². The third-order valence-corrected chi connectivity index (χ3v) is 4.12. The maximum Gasteiger partial charge on any atom is 0.271 e. The van der Waals surface area contributed by atoms with Crippen LogP contribution in [0.5, 0.6) is 5.75 Å². The minimum Gasteiger partial charge on any atom is -0.497 e. The van der Waals surface area contributed by atoms with E-state index in [1.165, 1.54) is 0 Å². The lowest BCUT2D eigenvalue weighted by Gasteiger charge is -2.12. The molecule has 27 heavy (non-hydrogen) atoms. The number of carbonyl (C=O) groups excluding carboxylic acids is 1. The van der Waals surface area contributed by atoms with Gasteiger partial charge in [0.05, 0.1) is 19.0 Å². The fraction of sp³-hybridized carbons (Fsp3) is 0.143. The summed E-state index contributed by atoms with van der Waals surface area (Å²) in [6.45, 7) is 0. The maximum atomic E-state index is 12.3. The first kappa shape index (κ1) is 18.3. The molecule has 3 aromatic rings. The van der Waals surface area contributed by atoms with Crippen molar-refractivity contribution >= 4 is 17.8 Å². The van der Waals surface area contributed by atoms with Crippen LogP contribution in [0.15, 0.2) is 72.0 Å². The van der Waals surface area contributed by atoms with Crippen LogP contribution in [0.1, 0.15) is 16.1 Å². The Morgan fingerprint density at radius 3 is 2.59 bits per heavy atom. The van der Waals surface area contributed by atoms with Gasteiger partial charge in [-0.1, -0.05) is 6.07 Å². The predicted octanol–water partition coefficient (Wildman–Crippen LogP) is 3.32. The molecule has 6 heteroatoms. The fourth-order valence-corrected chi connectivity index (χ4v) is 2.62. The number of carbonyl (C=O) groups is 1. The van der Waals surface area contributed by atoms with Crippen LogP contribution in [0.25, 0.3) is 5.69 Å². The summed E-state index contributed by atoms with van der Waals surface area (Å²) in [5, 5.41) is 4.10. The number of amides is 1. The molecule has 0 atom stereocenters. The number of nitrogens with one attached hydrogen (secondary N) is 1. The van der Waals surface area contributed by atoms with Crippen molar-refractivity contribution in [2.75, 3.05) is 26.1 Å². The van der Waals surface area contributed by atoms with E-state index in [4.69, 9.17) is 4.74 Å². The van der Waals surface area contributed by atoms with Gasteiger partial charge in [0.2, 0.25) is 0 Å². The van der Waals surface area contributed by atoms with E-state index in [2.05, 4.69) is 10.5 Å². The molecule has 0 aliphatic rings. The lowest BCUT2D eigenvalue weighted by atomic mass is 10.2. The minimum atomic E-state index is -0.252. The number of ether oxygens (including phenoxy) is 1. The van der Waals surface area contributed by atoms with E-state index in [9.17, 15) is 4.79 Å². The molecule has 1 heterocycles. The first-order valence-corrected chi connectivity index (χ1v) is 8.51. The first-order valence-electron chi connectivity index (χ1n) is 8.51. The van der Waals surface area contributed by atoms with Crippen molar-refractivity contribution in [3.63, 3.8) is 0 Å². The SMILES string of the molecule is COc1ccc(-n2cccc2/C=N\NC(=O)c2cccc(N(C)C)c2)cc1. The number of anilines is 1. The van der Waals surface area contributed by atoms with E-state index in [0.29, 0.717) is 5.56 Å². The monoisotopic (exact) mass is 362 g/mol. The van der Waals surface area contributed by atoms with E-state index in [1.807, 2.05) is 84.4 Å². The molecule has 1 amide bonds. The highest BCUT2D eigenvalue weighted by atomic mass is 16.5. The van der Waals surface area contributed by atoms with Crippen LogP contribution in [-0.2, 0) is 0 Å². The van der Waals surface area contributed by atoms with Gasteiger partial charge in [-0.3, -0.25) is 4.79 Å². The molecule has 0 bridgehead atoms. The molecular formula is C21H22N4O2. The number of hydrogen-bond donors (Lipinski definition) is 1. The van der Waals surface area contributed by atoms with Gasteiger partial charge in [0.1, 0.15) is 5.75 Å². The van der Waals surface area contributed by atoms with Crippen molar-refractivity contribution < 1.29 is 9.53 Å². The Labute approximate surface area is 158 Å². The second-order valence-electron chi connectivity index (χ2n) is 6.14. The van der Waals surface area contributed by atoms with Crippen molar-refractivity contribution in [3.8, 4) is 11.4 Å². The molecular weight excluding hydrogens is 340 g/mol. The summed E-state index contributed by atoms with van der Waals surface area (Å²) in [4.78, 5) is 14.3. The minimum absolute atomic E-state index is 0.252. The Kier molecular flexibility index (Phi) is 5.56. The Hall–Kier alpha value is -3.54. The van der Waals surface area contributed by atoms with Gasteiger partial charge >= 0.3 is 0 Å². The zero-order chi connectivity index (χ0) is 19.2. The van der Waals surface area contributed by atoms with Crippen molar-refractivity contribution in [2.45, 2.75) is 0 Å². The molecule has 0 saturated carbocycles. The van der Waals surface area contributed by atoms with Gasteiger partial charge in [-0.25, -0.2) is 5.43 Å². The lowest BCUT2D eigenvalue weighted by molar-refractivity contribution is 0.0955. The van der Waals surface area contributed by atoms with Gasteiger partial charge < -0.3 is 14.2 Å². The molecule has 0 radical (unpaired) electrons. The largest absolute Gasteiger partial charge is 0.497 e. The van der Waals surface area contributed by atoms with E-state index < -0.39 is 0 Å². The maximum absolute atomic E-state index is 12.3. The van der Waals surface area contributed by atoms with E-state index in [-0.39, 0.29) is 5.91 Å². The Balaban J connectivity index is 1.71. The average Bonchev–Trinajstić information content (AvgIpc) is 3.16. The summed E-state index contributed by atoms with van der Waals surface area (Å²) in [7, 11) is 5.50. The third-order valence-electron chi connectivity index (χ3n) is 4.12. The summed E-state index contributed by atoms with van der Waals surface area (Å²) in [6, 6.07) is 18.9. The predicted molar refractivity (Wildman–Crippen MR) is 108 cm³/mol. The number of hydrazone groups is 1. The van der Waals surface area contributed by atoms with Gasteiger partial charge in [0, 0.05) is 37.2 Å². The highest BCUT2D eigenvalue weighted by molar-refractivity contribution is 5.95. The summed E-state index contributed by atoms with van der Waals surface area (Å²) in [5.41, 5.74) is 5.92. The fourth-order valence-electron chi connectivity index (χ4n) is 2.62. The topological polar surface area (TPSA) is 58.9 Å². The molecule has 3 rings (SSSR count). The van der Waals surface area contributed by atoms with Crippen LogP contribution >= 0.6 is 0 Å². The molecule has 1 N–H and O–H groups in total. The number of methoxy groups -OCH3 is 1. The van der Waals surface area contributed by atoms with Crippen LogP contribution in [0.4, 0.5) is 5.69 Å². The molecule has 2 aromatic carbocycles. The van der Waals surface area contributed by atoms with Gasteiger partial charge in [0.25, 0.3) is 5.91 Å². The van der Waals surface area contributed by atoms with Crippen molar-refractivity contribution in [1.82, 2.24) is 9.99 Å². The zero-order valence-electron chi connectivity index (χ0n) is 15.6. The number of benzene rings is 2. The Morgan fingerprint density at radius 1 is 1.11 bits per heavy atom. The second kappa shape index (κ2) is 8.23. The molecule has 0 unspecified atom stereocenters. The molecule has 0 saturated heterocycles. The number of nitrogens with zero attached hydrogens (tertiary/aromatic N) is 3. The number of aromatic nitrogens is 1. The highest BCUT2D eigenvalue weighted by Gasteiger charge is 2.06. The van der Waals surface area contributed by atoms with Gasteiger partial charge in [-0.05, 0) is 54.6 Å². The van der Waals surface area contributed by atoms with Crippen LogP contribution < -0.4 is 15.1 Å². The normalized spacial score (nSPS) is 10.8. The molecule has 0 aliphatic carbocycles. The van der Waals surface area contributed by atoms with Gasteiger partial charge in [0.15, 0.2) is 0 Å². The highest BCUT2D eigenvalue weighted by Crippen LogP contribution is 2.17. The van der Waals surface area contributed by atoms with E-state index in [1.54, 1.807) is 19.4 Å². The third kappa shape index (κ3) is 4.36. The van der Waals surface area contributed by atoms with Crippen LogP contribution in [0.3, 0.4) is 0 Å². The number of hydrogen-bond acceptors (Lipinski definition) is 4. The Morgan fingerprint density at radius 2 is 1.89 bits per heavy atom. The molecule has 138 valence electrons. The van der Waals surface area contributed by atoms with E-state index in [0.717, 1.165) is 22.8 Å². The zero-order valence-corrected chi connectivity index (χ0v) is 15.6. The molecule has 6 nitrogen and oxygen atoms in total. The standard InChI is InChI=1S/C21H22N4O2/c1-24(2)18-7-4-6-16(14-18)21(26)23-22-15-19-8-5-13-25(19)17-9-11-20(27-3)12-10-17/h4-15H,1-3H3,(H,23,26)/b22-15-. The molecule has 0 aliphatic heterocycles. The molecule has 0 fully saturated rings. The number of rotatable bonds is 6. The van der Waals surface area contributed by atoms with Crippen LogP contribution in [-0.4, -0.2) is 37.9 Å². The second-order valence-corrected chi connectivity index (χ2v) is 6.14. The smallest absolute Gasteiger partial charge is 0.271 e. The summed E-state index contributed by atoms with van der Waals surface area (Å²) in [5.74, 6) is 0.547. The van der Waals surface area contributed by atoms with Crippen molar-refractivity contribution in [1.29, 1.82) is 0 Å². The summed E-state index contributed by atoms with van der Waals surface area (Å²) in [6.07, 6.45) is 3.56. The average molecular weight is 362 g/mol. The van der Waals surface area contributed by atoms with Gasteiger partial charge in [-0.15, -0.1) is 0 Å². The van der Waals surface area contributed by atoms with E-state index >= 15 is 0 Å². The molecule has 1 aromatic heterocycles. The molecule has 0 spiro atoms. The first-order chi connectivity index (χ1) is 13.1. The summed E-state index contributed by atoms with van der Waals surface area (Å²) < 4.78 is 7.16. The van der Waals surface area contributed by atoms with Crippen LogP contribution in [0, 0.1) is 0 Å². The quantitative estimate of drug-likeness (QED) is 0.541.